The molecule has 23 heavy (non-hydrogen) atoms. The predicted octanol–water partition coefficient (Wildman–Crippen LogP) is 4.48. The maximum atomic E-state index is 12.4. The highest BCUT2D eigenvalue weighted by Gasteiger charge is 2.57. The van der Waals surface area contributed by atoms with Crippen molar-refractivity contribution >= 4 is 17.1 Å². The van der Waals surface area contributed by atoms with E-state index in [1.165, 1.54) is 41.0 Å². The van der Waals surface area contributed by atoms with Crippen LogP contribution in [-0.4, -0.2) is 17.0 Å². The second-order valence-corrected chi connectivity index (χ2v) is 10.0. The lowest BCUT2D eigenvalue weighted by molar-refractivity contribution is -0.0423. The molecule has 1 aromatic heterocycles. The molecule has 4 aliphatic carbocycles. The fourth-order valence-corrected chi connectivity index (χ4v) is 8.13. The van der Waals surface area contributed by atoms with Crippen molar-refractivity contribution in [1.29, 1.82) is 0 Å². The molecular formula is C20H26O2S. The quantitative estimate of drug-likeness (QED) is 0.762. The minimum atomic E-state index is -0.0941. The van der Waals surface area contributed by atoms with Crippen LogP contribution in [0.5, 0.6) is 0 Å². The molecule has 2 nitrogen and oxygen atoms in total. The van der Waals surface area contributed by atoms with Crippen molar-refractivity contribution in [3.05, 3.63) is 20.9 Å². The Labute approximate surface area is 142 Å². The summed E-state index contributed by atoms with van der Waals surface area (Å²) in [5, 5.41) is 10.5. The van der Waals surface area contributed by atoms with E-state index in [1.54, 1.807) is 0 Å². The van der Waals surface area contributed by atoms with Gasteiger partial charge in [0.2, 0.25) is 0 Å². The van der Waals surface area contributed by atoms with Gasteiger partial charge < -0.3 is 5.11 Å². The highest BCUT2D eigenvalue weighted by atomic mass is 32.1. The van der Waals surface area contributed by atoms with Crippen LogP contribution in [0.15, 0.2) is 0 Å². The molecule has 1 aromatic rings. The van der Waals surface area contributed by atoms with E-state index < -0.39 is 0 Å². The van der Waals surface area contributed by atoms with Gasteiger partial charge in [0.25, 0.3) is 0 Å². The van der Waals surface area contributed by atoms with Crippen LogP contribution in [0.25, 0.3) is 0 Å². The SMILES string of the molecule is Cc1sc2c3c1C(=O)CCC3C1CCC3(C)C(O)CCC3C1C2. The van der Waals surface area contributed by atoms with Crippen LogP contribution in [0.3, 0.4) is 0 Å². The number of aryl methyl sites for hydroxylation is 1. The fraction of sp³-hybridized carbons (Fsp3) is 0.750. The second kappa shape index (κ2) is 4.70. The lowest BCUT2D eigenvalue weighted by atomic mass is 9.52. The number of aliphatic hydroxyl groups excluding tert-OH is 1. The molecule has 0 aliphatic heterocycles. The molecule has 0 bridgehead atoms. The van der Waals surface area contributed by atoms with E-state index in [1.807, 2.05) is 11.3 Å². The third-order valence-corrected chi connectivity index (χ3v) is 9.05. The molecule has 0 spiro atoms. The second-order valence-electron chi connectivity index (χ2n) is 8.71. The highest BCUT2D eigenvalue weighted by molar-refractivity contribution is 7.12. The molecule has 0 aromatic carbocycles. The monoisotopic (exact) mass is 330 g/mol. The Kier molecular flexibility index (Phi) is 2.99. The molecule has 6 atom stereocenters. The summed E-state index contributed by atoms with van der Waals surface area (Å²) in [5.41, 5.74) is 2.73. The van der Waals surface area contributed by atoms with Crippen molar-refractivity contribution < 1.29 is 9.90 Å². The molecule has 2 fully saturated rings. The molecule has 5 rings (SSSR count). The zero-order valence-electron chi connectivity index (χ0n) is 14.1. The number of rotatable bonds is 0. The molecule has 4 aliphatic rings. The molecule has 1 heterocycles. The number of fused-ring (bicyclic) bond motifs is 4. The maximum Gasteiger partial charge on any atom is 0.164 e. The van der Waals surface area contributed by atoms with Gasteiger partial charge in [-0.2, -0.15) is 0 Å². The Balaban J connectivity index is 1.61. The Morgan fingerprint density at radius 1 is 1.17 bits per heavy atom. The smallest absolute Gasteiger partial charge is 0.164 e. The van der Waals surface area contributed by atoms with Gasteiger partial charge in [-0.25, -0.2) is 0 Å². The lowest BCUT2D eigenvalue weighted by Crippen LogP contribution is -2.47. The number of Topliss-reactive ketones (excluding diaryl/α,β-unsaturated/α-hetero) is 1. The number of hydrogen-bond donors (Lipinski definition) is 1. The summed E-state index contributed by atoms with van der Waals surface area (Å²) >= 11 is 1.90. The van der Waals surface area contributed by atoms with Crippen molar-refractivity contribution in [2.75, 3.05) is 0 Å². The Morgan fingerprint density at radius 3 is 2.83 bits per heavy atom. The zero-order chi connectivity index (χ0) is 15.9. The molecule has 3 heteroatoms. The summed E-state index contributed by atoms with van der Waals surface area (Å²) in [4.78, 5) is 15.2. The summed E-state index contributed by atoms with van der Waals surface area (Å²) in [6.45, 7) is 4.49. The Bertz CT molecular complexity index is 690. The van der Waals surface area contributed by atoms with Crippen molar-refractivity contribution in [1.82, 2.24) is 0 Å². The van der Waals surface area contributed by atoms with Gasteiger partial charge in [-0.15, -0.1) is 11.3 Å². The van der Waals surface area contributed by atoms with E-state index in [-0.39, 0.29) is 11.5 Å². The van der Waals surface area contributed by atoms with Gasteiger partial charge in [0, 0.05) is 21.7 Å². The third kappa shape index (κ3) is 1.76. The fourth-order valence-electron chi connectivity index (χ4n) is 6.79. The van der Waals surface area contributed by atoms with Gasteiger partial charge in [0.15, 0.2) is 5.78 Å². The Morgan fingerprint density at radius 2 is 2.00 bits per heavy atom. The highest BCUT2D eigenvalue weighted by Crippen LogP contribution is 2.63. The first-order chi connectivity index (χ1) is 11.0. The van der Waals surface area contributed by atoms with Gasteiger partial charge in [0.1, 0.15) is 0 Å². The Hall–Kier alpha value is -0.670. The number of ketones is 1. The number of thiophene rings is 1. The lowest BCUT2D eigenvalue weighted by Gasteiger charge is -2.52. The number of carbonyl (C=O) groups excluding carboxylic acids is 1. The van der Waals surface area contributed by atoms with Crippen molar-refractivity contribution in [3.63, 3.8) is 0 Å². The first kappa shape index (κ1) is 14.7. The molecule has 1 N–H and O–H groups in total. The predicted molar refractivity (Wildman–Crippen MR) is 92.1 cm³/mol. The standard InChI is InChI=1S/C20H26O2S/c1-10-18-15(21)5-3-12-11-7-8-20(2)14(4-6-17(20)22)13(11)9-16(23-10)19(12)18/h11-14,17,22H,3-9H2,1-2H3. The van der Waals surface area contributed by atoms with Crippen molar-refractivity contribution in [2.45, 2.75) is 70.8 Å². The minimum absolute atomic E-state index is 0.0941. The van der Waals surface area contributed by atoms with Crippen LogP contribution >= 0.6 is 11.3 Å². The van der Waals surface area contributed by atoms with Gasteiger partial charge >= 0.3 is 0 Å². The van der Waals surface area contributed by atoms with Gasteiger partial charge in [-0.05, 0) is 80.1 Å². The number of aliphatic hydroxyl groups is 1. The molecule has 2 saturated carbocycles. The normalized spacial score (nSPS) is 44.7. The van der Waals surface area contributed by atoms with E-state index in [0.29, 0.717) is 17.6 Å². The van der Waals surface area contributed by atoms with E-state index in [4.69, 9.17) is 0 Å². The maximum absolute atomic E-state index is 12.4. The minimum Gasteiger partial charge on any atom is -0.393 e. The summed E-state index contributed by atoms with van der Waals surface area (Å²) < 4.78 is 0. The van der Waals surface area contributed by atoms with Crippen LogP contribution in [0.1, 0.15) is 77.0 Å². The van der Waals surface area contributed by atoms with E-state index >= 15 is 0 Å². The van der Waals surface area contributed by atoms with Gasteiger partial charge in [-0.3, -0.25) is 4.79 Å². The number of carbonyl (C=O) groups is 1. The van der Waals surface area contributed by atoms with Crippen LogP contribution in [0.2, 0.25) is 0 Å². The van der Waals surface area contributed by atoms with Gasteiger partial charge in [-0.1, -0.05) is 6.92 Å². The van der Waals surface area contributed by atoms with Gasteiger partial charge in [0.05, 0.1) is 6.10 Å². The molecule has 6 unspecified atom stereocenters. The van der Waals surface area contributed by atoms with E-state index in [0.717, 1.165) is 36.7 Å². The van der Waals surface area contributed by atoms with E-state index in [2.05, 4.69) is 13.8 Å². The summed E-state index contributed by atoms with van der Waals surface area (Å²) in [6.07, 6.45) is 7.53. The topological polar surface area (TPSA) is 37.3 Å². The largest absolute Gasteiger partial charge is 0.393 e. The van der Waals surface area contributed by atoms with Crippen LogP contribution in [0.4, 0.5) is 0 Å². The molecule has 0 saturated heterocycles. The van der Waals surface area contributed by atoms with Crippen LogP contribution < -0.4 is 0 Å². The molecule has 124 valence electrons. The first-order valence-electron chi connectivity index (χ1n) is 9.34. The summed E-state index contributed by atoms with van der Waals surface area (Å²) in [6, 6.07) is 0. The molecule has 0 radical (unpaired) electrons. The third-order valence-electron chi connectivity index (χ3n) is 7.91. The van der Waals surface area contributed by atoms with Crippen molar-refractivity contribution in [3.8, 4) is 0 Å². The zero-order valence-corrected chi connectivity index (χ0v) is 14.9. The van der Waals surface area contributed by atoms with Crippen LogP contribution in [-0.2, 0) is 6.42 Å². The average Bonchev–Trinajstić information content (AvgIpc) is 3.01. The molecule has 0 amide bonds. The number of hydrogen-bond acceptors (Lipinski definition) is 3. The van der Waals surface area contributed by atoms with E-state index in [9.17, 15) is 9.90 Å². The summed E-state index contributed by atoms with van der Waals surface area (Å²) in [5.74, 6) is 3.21. The molecular weight excluding hydrogens is 304 g/mol. The average molecular weight is 330 g/mol. The van der Waals surface area contributed by atoms with Crippen LogP contribution in [0, 0.1) is 30.1 Å². The summed E-state index contributed by atoms with van der Waals surface area (Å²) in [7, 11) is 0. The first-order valence-corrected chi connectivity index (χ1v) is 10.2. The van der Waals surface area contributed by atoms with Crippen molar-refractivity contribution in [2.24, 2.45) is 23.2 Å².